The molecule has 1 fully saturated rings. The molecule has 1 saturated heterocycles. The van der Waals surface area contributed by atoms with Gasteiger partial charge in [-0.15, -0.1) is 21.8 Å². The van der Waals surface area contributed by atoms with Gasteiger partial charge >= 0.3 is 0 Å². The lowest BCUT2D eigenvalue weighted by Crippen LogP contribution is -2.40. The van der Waals surface area contributed by atoms with Crippen LogP contribution in [0, 0.1) is 0 Å². The van der Waals surface area contributed by atoms with Gasteiger partial charge < -0.3 is 5.32 Å². The van der Waals surface area contributed by atoms with E-state index >= 15 is 0 Å². The molecule has 2 rings (SSSR count). The first-order valence-electron chi connectivity index (χ1n) is 5.57. The normalized spacial score (nSPS) is 24.9. The van der Waals surface area contributed by atoms with Crippen molar-refractivity contribution in [2.24, 2.45) is 0 Å². The van der Waals surface area contributed by atoms with Gasteiger partial charge in [-0.25, -0.2) is 21.6 Å². The third-order valence-electron chi connectivity index (χ3n) is 2.51. The summed E-state index contributed by atoms with van der Waals surface area (Å²) in [5.41, 5.74) is 0. The van der Waals surface area contributed by atoms with E-state index in [-0.39, 0.29) is 21.0 Å². The zero-order valence-electron chi connectivity index (χ0n) is 10.6. The summed E-state index contributed by atoms with van der Waals surface area (Å²) in [5.74, 6) is -1.06. The van der Waals surface area contributed by atoms with Gasteiger partial charge in [0, 0.05) is 6.92 Å². The van der Waals surface area contributed by atoms with Gasteiger partial charge in [0.2, 0.25) is 15.4 Å². The van der Waals surface area contributed by atoms with Crippen LogP contribution in [-0.2, 0) is 24.7 Å². The fourth-order valence-corrected chi connectivity index (χ4v) is 6.65. The van der Waals surface area contributed by atoms with Crippen LogP contribution in [0.25, 0.3) is 0 Å². The van der Waals surface area contributed by atoms with Crippen molar-refractivity contribution in [3.05, 3.63) is 0 Å². The van der Waals surface area contributed by atoms with Gasteiger partial charge in [-0.3, -0.25) is 4.79 Å². The minimum Gasteiger partial charge on any atom is -0.301 e. The molecule has 2 heterocycles. The van der Waals surface area contributed by atoms with E-state index in [2.05, 4.69) is 20.2 Å². The van der Waals surface area contributed by atoms with Gasteiger partial charge in [-0.2, -0.15) is 0 Å². The summed E-state index contributed by atoms with van der Waals surface area (Å²) in [5, 5.41) is 8.46. The molecular formula is C8H11ClN4O5S3. The predicted molar refractivity (Wildman–Crippen MR) is 76.6 cm³/mol. The Morgan fingerprint density at radius 2 is 2.05 bits per heavy atom. The molecule has 0 saturated carbocycles. The second-order valence-electron chi connectivity index (χ2n) is 4.37. The highest BCUT2D eigenvalue weighted by molar-refractivity contribution is 7.92. The van der Waals surface area contributed by atoms with Gasteiger partial charge in [-0.1, -0.05) is 11.3 Å². The monoisotopic (exact) mass is 374 g/mol. The molecule has 2 N–H and O–H groups in total. The lowest BCUT2D eigenvalue weighted by molar-refractivity contribution is -0.114. The van der Waals surface area contributed by atoms with E-state index in [1.165, 1.54) is 6.92 Å². The van der Waals surface area contributed by atoms with Crippen molar-refractivity contribution in [1.82, 2.24) is 14.9 Å². The van der Waals surface area contributed by atoms with Gasteiger partial charge in [0.1, 0.15) is 0 Å². The largest absolute Gasteiger partial charge is 0.301 e. The number of rotatable bonds is 4. The lowest BCUT2D eigenvalue weighted by Gasteiger charge is -2.12. The van der Waals surface area contributed by atoms with Crippen LogP contribution in [0.2, 0.25) is 0 Å². The fourth-order valence-electron chi connectivity index (χ4n) is 1.68. The summed E-state index contributed by atoms with van der Waals surface area (Å²) >= 11 is 6.49. The molecule has 9 nitrogen and oxygen atoms in total. The Labute approximate surface area is 130 Å². The van der Waals surface area contributed by atoms with Gasteiger partial charge in [0.05, 0.1) is 22.9 Å². The summed E-state index contributed by atoms with van der Waals surface area (Å²) in [6.45, 7) is 1.25. The molecular weight excluding hydrogens is 364 g/mol. The first kappa shape index (κ1) is 16.5. The first-order chi connectivity index (χ1) is 9.59. The quantitative estimate of drug-likeness (QED) is 0.519. The number of nitrogens with one attached hydrogen (secondary N) is 2. The molecule has 0 aromatic carbocycles. The zero-order valence-corrected chi connectivity index (χ0v) is 13.8. The van der Waals surface area contributed by atoms with Crippen molar-refractivity contribution in [2.45, 2.75) is 22.7 Å². The molecule has 13 heteroatoms. The van der Waals surface area contributed by atoms with Gasteiger partial charge in [0.25, 0.3) is 10.0 Å². The van der Waals surface area contributed by atoms with Crippen LogP contribution in [0.4, 0.5) is 5.13 Å². The Hall–Kier alpha value is -0.820. The maximum Gasteiger partial charge on any atom is 0.270 e. The Bertz CT molecular complexity index is 759. The van der Waals surface area contributed by atoms with E-state index in [4.69, 9.17) is 11.6 Å². The summed E-state index contributed by atoms with van der Waals surface area (Å²) in [6.07, 6.45) is 0. The summed E-state index contributed by atoms with van der Waals surface area (Å²) < 4.78 is 48.8. The Kier molecular flexibility index (Phi) is 4.54. The van der Waals surface area contributed by atoms with E-state index < -0.39 is 37.2 Å². The summed E-state index contributed by atoms with van der Waals surface area (Å²) in [6, 6.07) is -0.921. The first-order valence-corrected chi connectivity index (χ1v) is 10.1. The molecule has 118 valence electrons. The Morgan fingerprint density at radius 3 is 2.57 bits per heavy atom. The topological polar surface area (TPSA) is 135 Å². The van der Waals surface area contributed by atoms with Crippen molar-refractivity contribution in [2.75, 3.05) is 16.8 Å². The number of anilines is 1. The second-order valence-corrected chi connectivity index (χ2v) is 9.95. The van der Waals surface area contributed by atoms with Crippen LogP contribution in [0.3, 0.4) is 0 Å². The van der Waals surface area contributed by atoms with Gasteiger partial charge in [-0.05, 0) is 0 Å². The van der Waals surface area contributed by atoms with Crippen molar-refractivity contribution < 1.29 is 21.6 Å². The van der Waals surface area contributed by atoms with E-state index in [0.717, 1.165) is 0 Å². The number of sulfonamides is 1. The molecule has 2 atom stereocenters. The second kappa shape index (κ2) is 5.76. The fraction of sp³-hybridized carbons (Fsp3) is 0.625. The molecule has 0 spiro atoms. The highest BCUT2D eigenvalue weighted by Crippen LogP contribution is 2.23. The van der Waals surface area contributed by atoms with Crippen LogP contribution in [0.1, 0.15) is 6.92 Å². The molecule has 0 bridgehead atoms. The average Bonchev–Trinajstić information content (AvgIpc) is 2.83. The predicted octanol–water partition coefficient (Wildman–Crippen LogP) is -0.821. The molecule has 1 aliphatic rings. The van der Waals surface area contributed by atoms with Crippen molar-refractivity contribution >= 4 is 53.8 Å². The smallest absolute Gasteiger partial charge is 0.270 e. The maximum absolute atomic E-state index is 12.1. The molecule has 1 aromatic heterocycles. The average molecular weight is 375 g/mol. The Morgan fingerprint density at radius 1 is 1.38 bits per heavy atom. The molecule has 2 unspecified atom stereocenters. The van der Waals surface area contributed by atoms with Crippen LogP contribution in [0.15, 0.2) is 4.34 Å². The number of carbonyl (C=O) groups is 1. The minimum absolute atomic E-state index is 0.0318. The van der Waals surface area contributed by atoms with Crippen molar-refractivity contribution in [3.63, 3.8) is 0 Å². The zero-order chi connectivity index (χ0) is 15.8. The molecule has 1 aliphatic heterocycles. The SMILES string of the molecule is CC(=O)Nc1nnc(S(=O)(=O)NC2CS(=O)(=O)CC2Cl)s1. The summed E-state index contributed by atoms with van der Waals surface area (Å²) in [4.78, 5) is 10.8. The number of hydrogen-bond donors (Lipinski definition) is 2. The number of aromatic nitrogens is 2. The lowest BCUT2D eigenvalue weighted by atomic mass is 10.3. The number of halogens is 1. The van der Waals surface area contributed by atoms with Gasteiger partial charge in [0.15, 0.2) is 9.84 Å². The van der Waals surface area contributed by atoms with Crippen LogP contribution < -0.4 is 10.0 Å². The molecule has 0 aliphatic carbocycles. The maximum atomic E-state index is 12.1. The van der Waals surface area contributed by atoms with Crippen LogP contribution in [0.5, 0.6) is 0 Å². The van der Waals surface area contributed by atoms with E-state index in [0.29, 0.717) is 11.3 Å². The molecule has 1 aromatic rings. The summed E-state index contributed by atoms with van der Waals surface area (Å²) in [7, 11) is -7.41. The van der Waals surface area contributed by atoms with E-state index in [1.807, 2.05) is 0 Å². The number of alkyl halides is 1. The third kappa shape index (κ3) is 4.10. The standard InChI is InChI=1S/C8H11ClN4O5S3/c1-4(14)10-7-11-12-8(19-7)21(17,18)13-6-3-20(15,16)2-5(6)9/h5-6,13H,2-3H2,1H3,(H,10,11,14). The number of hydrogen-bond acceptors (Lipinski definition) is 8. The van der Waals surface area contributed by atoms with Crippen molar-refractivity contribution in [1.29, 1.82) is 0 Å². The number of carbonyl (C=O) groups excluding carboxylic acids is 1. The van der Waals surface area contributed by atoms with Crippen molar-refractivity contribution in [3.8, 4) is 0 Å². The highest BCUT2D eigenvalue weighted by Gasteiger charge is 2.39. The number of sulfone groups is 1. The minimum atomic E-state index is -4.05. The Balaban J connectivity index is 2.15. The van der Waals surface area contributed by atoms with Crippen LogP contribution >= 0.6 is 22.9 Å². The molecule has 21 heavy (non-hydrogen) atoms. The number of amides is 1. The van der Waals surface area contributed by atoms with Crippen LogP contribution in [-0.4, -0.2) is 55.9 Å². The third-order valence-corrected chi connectivity index (χ3v) is 7.58. The molecule has 1 amide bonds. The highest BCUT2D eigenvalue weighted by atomic mass is 35.5. The van der Waals surface area contributed by atoms with E-state index in [1.54, 1.807) is 0 Å². The number of nitrogens with zero attached hydrogens (tertiary/aromatic N) is 2. The molecule has 0 radical (unpaired) electrons. The van der Waals surface area contributed by atoms with E-state index in [9.17, 15) is 21.6 Å².